The molecule has 0 aliphatic rings. The summed E-state index contributed by atoms with van der Waals surface area (Å²) in [4.78, 5) is 25.8. The van der Waals surface area contributed by atoms with Crippen LogP contribution in [0.2, 0.25) is 0 Å². The minimum Gasteiger partial charge on any atom is -0.466 e. The Morgan fingerprint density at radius 1 is 1.12 bits per heavy atom. The number of hydrogen-bond donors (Lipinski definition) is 0. The van der Waals surface area contributed by atoms with Crippen molar-refractivity contribution >= 4 is 17.6 Å². The third-order valence-electron chi connectivity index (χ3n) is 1.96. The van der Waals surface area contributed by atoms with E-state index in [9.17, 15) is 9.59 Å². The van der Waals surface area contributed by atoms with Gasteiger partial charge in [-0.15, -0.1) is 0 Å². The molecule has 0 aromatic heterocycles. The maximum Gasteiger partial charge on any atom is 0.327 e. The maximum atomic E-state index is 11.3. The van der Waals surface area contributed by atoms with Crippen molar-refractivity contribution in [1.82, 2.24) is 0 Å². The summed E-state index contributed by atoms with van der Waals surface area (Å²) in [6.45, 7) is 6.97. The second-order valence-corrected chi connectivity index (χ2v) is 2.80. The van der Waals surface area contributed by atoms with E-state index in [0.717, 1.165) is 0 Å². The molecule has 1 rings (SSSR count). The van der Waals surface area contributed by atoms with E-state index in [1.165, 1.54) is 32.4 Å². The molecule has 0 saturated carbocycles. The Morgan fingerprint density at radius 2 is 1.56 bits per heavy atom. The molecule has 0 unspecified atom stereocenters. The van der Waals surface area contributed by atoms with Crippen LogP contribution in [-0.2, 0) is 9.47 Å². The van der Waals surface area contributed by atoms with Gasteiger partial charge in [0.05, 0.1) is 31.9 Å². The summed E-state index contributed by atoms with van der Waals surface area (Å²) in [5, 5.41) is 0. The molecule has 0 fully saturated rings. The lowest BCUT2D eigenvalue weighted by Gasteiger charge is -2.05. The van der Waals surface area contributed by atoms with E-state index in [1.54, 1.807) is 0 Å². The van der Waals surface area contributed by atoms with Crippen molar-refractivity contribution in [2.75, 3.05) is 14.2 Å². The number of carbonyl (C=O) groups is 2. The van der Waals surface area contributed by atoms with Crippen molar-refractivity contribution in [3.8, 4) is 0 Å². The number of nitrogens with zero attached hydrogens (tertiary/aromatic N) is 1. The minimum atomic E-state index is -0.656. The average molecular weight is 219 g/mol. The van der Waals surface area contributed by atoms with Crippen LogP contribution in [0.3, 0.4) is 0 Å². The number of carbonyl (C=O) groups excluding carboxylic acids is 2. The molecule has 0 bridgehead atoms. The number of methoxy groups -OCH3 is 2. The SMILES string of the molecule is [C-]#[N+]c1c(C(=O)OC)cccc1C(=O)OC. The summed E-state index contributed by atoms with van der Waals surface area (Å²) >= 11 is 0. The zero-order chi connectivity index (χ0) is 12.1. The molecule has 0 amide bonds. The number of rotatable bonds is 2. The standard InChI is InChI=1S/C11H9NO4/c1-12-9-7(10(13)15-2)5-4-6-8(9)11(14)16-3/h4-6H,2-3H3. The Bertz CT molecular complexity index is 439. The largest absolute Gasteiger partial charge is 0.466 e. The molecular weight excluding hydrogens is 210 g/mol. The molecule has 0 aliphatic carbocycles. The highest BCUT2D eigenvalue weighted by Crippen LogP contribution is 2.25. The summed E-state index contributed by atoms with van der Waals surface area (Å²) in [5.74, 6) is -1.31. The van der Waals surface area contributed by atoms with Gasteiger partial charge in [0, 0.05) is 0 Å². The van der Waals surface area contributed by atoms with Crippen LogP contribution in [0.25, 0.3) is 4.85 Å². The van der Waals surface area contributed by atoms with Crippen LogP contribution in [0, 0.1) is 6.57 Å². The Hall–Kier alpha value is -2.35. The summed E-state index contributed by atoms with van der Waals surface area (Å²) in [5.41, 5.74) is 0.0574. The summed E-state index contributed by atoms with van der Waals surface area (Å²) in [7, 11) is 2.42. The molecule has 0 atom stereocenters. The Kier molecular flexibility index (Phi) is 3.62. The van der Waals surface area contributed by atoms with E-state index >= 15 is 0 Å². The smallest absolute Gasteiger partial charge is 0.327 e. The van der Waals surface area contributed by atoms with Gasteiger partial charge in [-0.05, 0) is 0 Å². The lowest BCUT2D eigenvalue weighted by Crippen LogP contribution is -2.06. The summed E-state index contributed by atoms with van der Waals surface area (Å²) < 4.78 is 9.03. The van der Waals surface area contributed by atoms with Gasteiger partial charge in [-0.25, -0.2) is 14.4 Å². The maximum absolute atomic E-state index is 11.3. The molecule has 1 aromatic rings. The Morgan fingerprint density at radius 3 is 1.88 bits per heavy atom. The van der Waals surface area contributed by atoms with Gasteiger partial charge in [-0.3, -0.25) is 0 Å². The molecule has 5 heteroatoms. The zero-order valence-corrected chi connectivity index (χ0v) is 8.81. The van der Waals surface area contributed by atoms with Crippen molar-refractivity contribution in [1.29, 1.82) is 0 Å². The molecule has 0 aliphatic heterocycles. The Balaban J connectivity index is 3.39. The number of esters is 2. The normalized spacial score (nSPS) is 9.06. The van der Waals surface area contributed by atoms with E-state index in [-0.39, 0.29) is 16.8 Å². The van der Waals surface area contributed by atoms with Gasteiger partial charge >= 0.3 is 11.9 Å². The molecule has 5 nitrogen and oxygen atoms in total. The van der Waals surface area contributed by atoms with Crippen molar-refractivity contribution in [3.05, 3.63) is 40.7 Å². The summed E-state index contributed by atoms with van der Waals surface area (Å²) in [6.07, 6.45) is 0. The topological polar surface area (TPSA) is 57.0 Å². The van der Waals surface area contributed by atoms with E-state index < -0.39 is 11.9 Å². The van der Waals surface area contributed by atoms with Gasteiger partial charge in [0.1, 0.15) is 0 Å². The lowest BCUT2D eigenvalue weighted by atomic mass is 10.1. The first-order valence-electron chi connectivity index (χ1n) is 4.32. The van der Waals surface area contributed by atoms with Crippen molar-refractivity contribution in [3.63, 3.8) is 0 Å². The number of ether oxygens (including phenoxy) is 2. The van der Waals surface area contributed by atoms with Gasteiger partial charge in [-0.2, -0.15) is 0 Å². The molecular formula is C11H9NO4. The van der Waals surface area contributed by atoms with E-state index in [2.05, 4.69) is 14.3 Å². The fourth-order valence-corrected chi connectivity index (χ4v) is 1.21. The molecule has 0 spiro atoms. The quantitative estimate of drug-likeness (QED) is 0.562. The first kappa shape index (κ1) is 11.7. The van der Waals surface area contributed by atoms with Crippen LogP contribution in [0.4, 0.5) is 5.69 Å². The van der Waals surface area contributed by atoms with Crippen molar-refractivity contribution < 1.29 is 19.1 Å². The van der Waals surface area contributed by atoms with Crippen LogP contribution in [0.15, 0.2) is 18.2 Å². The van der Waals surface area contributed by atoms with Crippen LogP contribution in [0.5, 0.6) is 0 Å². The first-order chi connectivity index (χ1) is 7.65. The van der Waals surface area contributed by atoms with Crippen molar-refractivity contribution in [2.24, 2.45) is 0 Å². The molecule has 0 radical (unpaired) electrons. The van der Waals surface area contributed by atoms with E-state index in [4.69, 9.17) is 6.57 Å². The van der Waals surface area contributed by atoms with Gasteiger partial charge in [0.15, 0.2) is 0 Å². The minimum absolute atomic E-state index is 0.0544. The number of benzene rings is 1. The number of hydrogen-bond acceptors (Lipinski definition) is 4. The van der Waals surface area contributed by atoms with Crippen LogP contribution >= 0.6 is 0 Å². The van der Waals surface area contributed by atoms with Gasteiger partial charge < -0.3 is 9.47 Å². The fourth-order valence-electron chi connectivity index (χ4n) is 1.21. The lowest BCUT2D eigenvalue weighted by molar-refractivity contribution is 0.0602. The second kappa shape index (κ2) is 4.94. The first-order valence-corrected chi connectivity index (χ1v) is 4.32. The fraction of sp³-hybridized carbons (Fsp3) is 0.182. The highest BCUT2D eigenvalue weighted by atomic mass is 16.5. The average Bonchev–Trinajstić information content (AvgIpc) is 2.35. The van der Waals surface area contributed by atoms with Crippen molar-refractivity contribution in [2.45, 2.75) is 0 Å². The van der Waals surface area contributed by atoms with E-state index in [0.29, 0.717) is 0 Å². The second-order valence-electron chi connectivity index (χ2n) is 2.80. The molecule has 0 saturated heterocycles. The predicted octanol–water partition coefficient (Wildman–Crippen LogP) is 1.81. The molecule has 1 aromatic carbocycles. The highest BCUT2D eigenvalue weighted by Gasteiger charge is 2.19. The van der Waals surface area contributed by atoms with E-state index in [1.807, 2.05) is 0 Å². The van der Waals surface area contributed by atoms with Crippen LogP contribution in [-0.4, -0.2) is 26.2 Å². The molecule has 0 N–H and O–H groups in total. The molecule has 82 valence electrons. The van der Waals surface area contributed by atoms with Gasteiger partial charge in [0.25, 0.3) is 0 Å². The van der Waals surface area contributed by atoms with Gasteiger partial charge in [0.2, 0.25) is 5.69 Å². The number of para-hydroxylation sites is 1. The third kappa shape index (κ3) is 2.01. The Labute approximate surface area is 92.4 Å². The summed E-state index contributed by atoms with van der Waals surface area (Å²) in [6, 6.07) is 4.34. The predicted molar refractivity (Wildman–Crippen MR) is 55.4 cm³/mol. The molecule has 0 heterocycles. The third-order valence-corrected chi connectivity index (χ3v) is 1.96. The molecule has 16 heavy (non-hydrogen) atoms. The monoisotopic (exact) mass is 219 g/mol. The van der Waals surface area contributed by atoms with Gasteiger partial charge in [-0.1, -0.05) is 18.2 Å². The van der Waals surface area contributed by atoms with Crippen LogP contribution in [0.1, 0.15) is 20.7 Å². The zero-order valence-electron chi connectivity index (χ0n) is 8.81. The van der Waals surface area contributed by atoms with Crippen LogP contribution < -0.4 is 0 Å². The highest BCUT2D eigenvalue weighted by molar-refractivity contribution is 6.04.